The molecule has 1 aliphatic rings. The highest BCUT2D eigenvalue weighted by Crippen LogP contribution is 2.28. The van der Waals surface area contributed by atoms with Crippen molar-refractivity contribution >= 4 is 5.91 Å². The molecule has 1 fully saturated rings. The van der Waals surface area contributed by atoms with E-state index >= 15 is 0 Å². The molecule has 1 saturated heterocycles. The van der Waals surface area contributed by atoms with E-state index in [-0.39, 0.29) is 0 Å². The van der Waals surface area contributed by atoms with Gasteiger partial charge in [-0.25, -0.2) is 0 Å². The lowest BCUT2D eigenvalue weighted by atomic mass is 10.1. The van der Waals surface area contributed by atoms with E-state index in [0.29, 0.717) is 0 Å². The van der Waals surface area contributed by atoms with Gasteiger partial charge in [0.25, 0.3) is 11.7 Å². The third-order valence-corrected chi connectivity index (χ3v) is 2.12. The van der Waals surface area contributed by atoms with Crippen LogP contribution in [0.5, 0.6) is 0 Å². The third-order valence-electron chi connectivity index (χ3n) is 2.12. The lowest BCUT2D eigenvalue weighted by Gasteiger charge is -2.23. The first-order valence-corrected chi connectivity index (χ1v) is 3.92. The number of aliphatic hydroxyl groups is 3. The summed E-state index contributed by atoms with van der Waals surface area (Å²) in [5.74, 6) is -3.21. The van der Waals surface area contributed by atoms with Crippen molar-refractivity contribution in [2.24, 2.45) is 0 Å². The second kappa shape index (κ2) is 3.22. The van der Waals surface area contributed by atoms with E-state index in [9.17, 15) is 20.1 Å². The van der Waals surface area contributed by atoms with Gasteiger partial charge in [0, 0.05) is 7.05 Å². The number of carbonyl (C=O) groups excluding carboxylic acids is 1. The second-order valence-corrected chi connectivity index (χ2v) is 3.03. The van der Waals surface area contributed by atoms with Crippen molar-refractivity contribution in [3.8, 4) is 0 Å². The van der Waals surface area contributed by atoms with Gasteiger partial charge in [-0.2, -0.15) is 0 Å². The number of ether oxygens (including phenoxy) is 1. The summed E-state index contributed by atoms with van der Waals surface area (Å²) in [5.41, 5.74) is 0. The highest BCUT2D eigenvalue weighted by Gasteiger charge is 2.56. The molecule has 0 aromatic carbocycles. The van der Waals surface area contributed by atoms with Crippen LogP contribution in [0.2, 0.25) is 0 Å². The van der Waals surface area contributed by atoms with Gasteiger partial charge in [0.15, 0.2) is 0 Å². The van der Waals surface area contributed by atoms with Crippen molar-refractivity contribution < 1.29 is 24.9 Å². The number of amides is 1. The van der Waals surface area contributed by atoms with Crippen molar-refractivity contribution in [2.75, 3.05) is 7.05 Å². The van der Waals surface area contributed by atoms with Crippen molar-refractivity contribution in [3.05, 3.63) is 0 Å². The minimum Gasteiger partial charge on any atom is -0.387 e. The van der Waals surface area contributed by atoms with Crippen LogP contribution in [0.3, 0.4) is 0 Å². The molecule has 1 heterocycles. The van der Waals surface area contributed by atoms with Crippen LogP contribution in [-0.2, 0) is 9.53 Å². The summed E-state index contributed by atoms with van der Waals surface area (Å²) < 4.78 is 4.77. The first-order valence-electron chi connectivity index (χ1n) is 3.92. The second-order valence-electron chi connectivity index (χ2n) is 3.03. The van der Waals surface area contributed by atoms with Crippen LogP contribution in [-0.4, -0.2) is 52.4 Å². The molecule has 6 heteroatoms. The molecule has 76 valence electrons. The number of rotatable bonds is 1. The van der Waals surface area contributed by atoms with Gasteiger partial charge >= 0.3 is 0 Å². The highest BCUT2D eigenvalue weighted by atomic mass is 16.7. The minimum absolute atomic E-state index is 0.780. The summed E-state index contributed by atoms with van der Waals surface area (Å²) in [6.07, 6.45) is -3.66. The molecule has 0 aliphatic carbocycles. The van der Waals surface area contributed by atoms with Crippen LogP contribution >= 0.6 is 0 Å². The molecule has 1 amide bonds. The Balaban J connectivity index is 2.87. The van der Waals surface area contributed by atoms with E-state index in [2.05, 4.69) is 5.32 Å². The molecule has 1 aliphatic heterocycles. The molecular weight excluding hydrogens is 178 g/mol. The zero-order valence-electron chi connectivity index (χ0n) is 7.39. The first kappa shape index (κ1) is 10.4. The van der Waals surface area contributed by atoms with Crippen LogP contribution < -0.4 is 5.32 Å². The van der Waals surface area contributed by atoms with Gasteiger partial charge in [0.1, 0.15) is 12.2 Å². The molecule has 13 heavy (non-hydrogen) atoms. The molecule has 4 atom stereocenters. The fraction of sp³-hybridized carbons (Fsp3) is 0.857. The van der Waals surface area contributed by atoms with Gasteiger partial charge in [-0.15, -0.1) is 0 Å². The van der Waals surface area contributed by atoms with Crippen molar-refractivity contribution in [2.45, 2.75) is 31.0 Å². The Kier molecular flexibility index (Phi) is 2.58. The van der Waals surface area contributed by atoms with Crippen LogP contribution in [0.4, 0.5) is 0 Å². The predicted octanol–water partition coefficient (Wildman–Crippen LogP) is -2.44. The molecule has 0 bridgehead atoms. The molecule has 0 spiro atoms. The SMILES string of the molecule is CNC(=O)[C@]1(O)O[C@H](C)[C@H](O)[C@H]1O. The molecule has 6 nitrogen and oxygen atoms in total. The zero-order chi connectivity index (χ0) is 10.2. The van der Waals surface area contributed by atoms with Gasteiger partial charge in [0.05, 0.1) is 6.10 Å². The summed E-state index contributed by atoms with van der Waals surface area (Å²) in [5, 5.41) is 30.2. The van der Waals surface area contributed by atoms with Crippen molar-refractivity contribution in [3.63, 3.8) is 0 Å². The summed E-state index contributed by atoms with van der Waals surface area (Å²) in [4.78, 5) is 11.1. The zero-order valence-corrected chi connectivity index (χ0v) is 7.39. The number of nitrogens with one attached hydrogen (secondary N) is 1. The lowest BCUT2D eigenvalue weighted by molar-refractivity contribution is -0.221. The average Bonchev–Trinajstić information content (AvgIpc) is 2.30. The molecular formula is C7H13NO5. The van der Waals surface area contributed by atoms with Gasteiger partial charge in [0.2, 0.25) is 0 Å². The maximum atomic E-state index is 11.1. The topological polar surface area (TPSA) is 99.0 Å². The number of hydrogen-bond donors (Lipinski definition) is 4. The maximum Gasteiger partial charge on any atom is 0.282 e. The Hall–Kier alpha value is -0.690. The summed E-state index contributed by atoms with van der Waals surface area (Å²) >= 11 is 0. The fourth-order valence-corrected chi connectivity index (χ4v) is 1.28. The molecule has 4 N–H and O–H groups in total. The Morgan fingerprint density at radius 1 is 1.54 bits per heavy atom. The monoisotopic (exact) mass is 191 g/mol. The number of likely N-dealkylation sites (N-methyl/N-ethyl adjacent to an activating group) is 1. The van der Waals surface area contributed by atoms with Gasteiger partial charge in [-0.1, -0.05) is 0 Å². The van der Waals surface area contributed by atoms with E-state index in [1.54, 1.807) is 0 Å². The van der Waals surface area contributed by atoms with E-state index < -0.39 is 30.0 Å². The van der Waals surface area contributed by atoms with E-state index in [0.717, 1.165) is 0 Å². The number of carbonyl (C=O) groups is 1. The van der Waals surface area contributed by atoms with Crippen molar-refractivity contribution in [1.29, 1.82) is 0 Å². The van der Waals surface area contributed by atoms with Gasteiger partial charge in [-0.05, 0) is 6.92 Å². The number of aliphatic hydroxyl groups excluding tert-OH is 2. The molecule has 0 aromatic heterocycles. The van der Waals surface area contributed by atoms with Crippen molar-refractivity contribution in [1.82, 2.24) is 5.32 Å². The summed E-state index contributed by atoms with van der Waals surface area (Å²) in [6, 6.07) is 0. The van der Waals surface area contributed by atoms with Crippen LogP contribution in [0.15, 0.2) is 0 Å². The largest absolute Gasteiger partial charge is 0.387 e. The van der Waals surface area contributed by atoms with Gasteiger partial charge < -0.3 is 25.4 Å². The minimum atomic E-state index is -2.34. The van der Waals surface area contributed by atoms with Crippen LogP contribution in [0.25, 0.3) is 0 Å². The molecule has 1 rings (SSSR count). The Morgan fingerprint density at radius 3 is 2.38 bits per heavy atom. The standard InChI is InChI=1S/C7H13NO5/c1-3-4(9)5(10)7(12,13-3)6(11)8-2/h3-5,9-10,12H,1-2H3,(H,8,11)/t3-,4+,5-,7-/m1/s1. The molecule has 0 radical (unpaired) electrons. The molecule has 0 aromatic rings. The number of hydrogen-bond acceptors (Lipinski definition) is 5. The highest BCUT2D eigenvalue weighted by molar-refractivity contribution is 5.84. The molecule has 0 saturated carbocycles. The smallest absolute Gasteiger partial charge is 0.282 e. The Bertz CT molecular complexity index is 221. The lowest BCUT2D eigenvalue weighted by Crippen LogP contribution is -2.54. The average molecular weight is 191 g/mol. The Morgan fingerprint density at radius 2 is 2.08 bits per heavy atom. The van der Waals surface area contributed by atoms with Crippen LogP contribution in [0.1, 0.15) is 6.92 Å². The fourth-order valence-electron chi connectivity index (χ4n) is 1.28. The quantitative estimate of drug-likeness (QED) is 0.369. The Labute approximate surface area is 75.1 Å². The van der Waals surface area contributed by atoms with E-state index in [4.69, 9.17) is 4.74 Å². The van der Waals surface area contributed by atoms with Gasteiger partial charge in [-0.3, -0.25) is 4.79 Å². The molecule has 0 unspecified atom stereocenters. The normalized spacial score (nSPS) is 44.8. The van der Waals surface area contributed by atoms with Crippen LogP contribution in [0, 0.1) is 0 Å². The summed E-state index contributed by atoms with van der Waals surface area (Å²) in [7, 11) is 1.30. The maximum absolute atomic E-state index is 11.1. The first-order chi connectivity index (χ1) is 5.93. The third kappa shape index (κ3) is 1.42. The predicted molar refractivity (Wildman–Crippen MR) is 41.6 cm³/mol. The van der Waals surface area contributed by atoms with E-state index in [1.165, 1.54) is 14.0 Å². The van der Waals surface area contributed by atoms with E-state index in [1.807, 2.05) is 0 Å². The summed E-state index contributed by atoms with van der Waals surface area (Å²) in [6.45, 7) is 1.45.